The molecule has 0 aliphatic rings. The number of hydrogen-bond acceptors (Lipinski definition) is 6. The molecule has 0 radical (unpaired) electrons. The molecule has 0 aromatic carbocycles. The first-order valence-corrected chi connectivity index (χ1v) is 4.51. The first-order valence-electron chi connectivity index (χ1n) is 4.51. The smallest absolute Gasteiger partial charge is 0.336 e. The Morgan fingerprint density at radius 1 is 1.69 bits per heavy atom. The van der Waals surface area contributed by atoms with Crippen LogP contribution in [0.15, 0.2) is 10.7 Å². The van der Waals surface area contributed by atoms with Crippen LogP contribution in [0.1, 0.15) is 16.1 Å². The summed E-state index contributed by atoms with van der Waals surface area (Å²) < 4.78 is 8.98. The van der Waals surface area contributed by atoms with Gasteiger partial charge < -0.3 is 19.7 Å². The summed E-state index contributed by atoms with van der Waals surface area (Å²) in [6.07, 6.45) is -0.121. The Bertz CT molecular complexity index is 387. The lowest BCUT2D eigenvalue weighted by molar-refractivity contribution is -0.149. The summed E-state index contributed by atoms with van der Waals surface area (Å²) in [7, 11) is 1.15. The average molecular weight is 228 g/mol. The third-order valence-electron chi connectivity index (χ3n) is 1.92. The minimum atomic E-state index is -1.38. The molecule has 1 rings (SSSR count). The van der Waals surface area contributed by atoms with Crippen molar-refractivity contribution in [3.63, 3.8) is 0 Å². The summed E-state index contributed by atoms with van der Waals surface area (Å²) in [5, 5.41) is 15.0. The first-order chi connectivity index (χ1) is 7.56. The second-order valence-corrected chi connectivity index (χ2v) is 3.04. The number of aliphatic hydroxyl groups is 1. The van der Waals surface area contributed by atoms with Gasteiger partial charge in [0.15, 0.2) is 6.10 Å². The number of amides is 1. The largest absolute Gasteiger partial charge is 0.467 e. The Balaban J connectivity index is 2.48. The molecule has 1 unspecified atom stereocenters. The molecule has 0 saturated heterocycles. The molecule has 0 spiro atoms. The van der Waals surface area contributed by atoms with Gasteiger partial charge in [-0.15, -0.1) is 0 Å². The summed E-state index contributed by atoms with van der Waals surface area (Å²) in [6, 6.07) is 0. The fourth-order valence-electron chi connectivity index (χ4n) is 1.02. The predicted octanol–water partition coefficient (Wildman–Crippen LogP) is -0.753. The lowest BCUT2D eigenvalue weighted by Crippen LogP contribution is -2.37. The maximum atomic E-state index is 11.5. The van der Waals surface area contributed by atoms with E-state index in [0.717, 1.165) is 7.11 Å². The van der Waals surface area contributed by atoms with E-state index in [0.29, 0.717) is 5.76 Å². The highest BCUT2D eigenvalue weighted by Gasteiger charge is 2.18. The van der Waals surface area contributed by atoms with Gasteiger partial charge in [0.2, 0.25) is 0 Å². The van der Waals surface area contributed by atoms with E-state index in [1.807, 2.05) is 0 Å². The highest BCUT2D eigenvalue weighted by atomic mass is 16.5. The molecule has 1 amide bonds. The van der Waals surface area contributed by atoms with E-state index < -0.39 is 18.0 Å². The zero-order valence-electron chi connectivity index (χ0n) is 8.89. The van der Waals surface area contributed by atoms with Crippen molar-refractivity contribution in [3.8, 4) is 0 Å². The van der Waals surface area contributed by atoms with Crippen molar-refractivity contribution >= 4 is 11.9 Å². The van der Waals surface area contributed by atoms with Gasteiger partial charge in [0.1, 0.15) is 11.3 Å². The maximum absolute atomic E-state index is 11.5. The van der Waals surface area contributed by atoms with Crippen molar-refractivity contribution in [3.05, 3.63) is 17.5 Å². The average Bonchev–Trinajstić information content (AvgIpc) is 2.70. The second kappa shape index (κ2) is 5.26. The number of nitrogens with zero attached hydrogens (tertiary/aromatic N) is 1. The third-order valence-corrected chi connectivity index (χ3v) is 1.92. The highest BCUT2D eigenvalue weighted by Crippen LogP contribution is 2.04. The first kappa shape index (κ1) is 12.2. The number of carbonyl (C=O) groups excluding carboxylic acids is 2. The summed E-state index contributed by atoms with van der Waals surface area (Å²) in [5.41, 5.74) is 0.261. The number of nitrogens with one attached hydrogen (secondary N) is 1. The van der Waals surface area contributed by atoms with Gasteiger partial charge in [0.25, 0.3) is 5.91 Å². The number of rotatable bonds is 4. The number of hydrogen-bond donors (Lipinski definition) is 2. The molecule has 2 N–H and O–H groups in total. The molecule has 7 heteroatoms. The molecule has 0 fully saturated rings. The van der Waals surface area contributed by atoms with Crippen molar-refractivity contribution in [2.24, 2.45) is 0 Å². The van der Waals surface area contributed by atoms with Gasteiger partial charge in [0.05, 0.1) is 19.9 Å². The highest BCUT2D eigenvalue weighted by molar-refractivity contribution is 5.95. The van der Waals surface area contributed by atoms with Gasteiger partial charge in [-0.25, -0.2) is 4.79 Å². The molecule has 0 bridgehead atoms. The van der Waals surface area contributed by atoms with Gasteiger partial charge >= 0.3 is 5.97 Å². The zero-order valence-corrected chi connectivity index (χ0v) is 8.89. The number of ether oxygens (including phenoxy) is 1. The molecular weight excluding hydrogens is 216 g/mol. The van der Waals surface area contributed by atoms with Crippen LogP contribution in [0.3, 0.4) is 0 Å². The van der Waals surface area contributed by atoms with Crippen molar-refractivity contribution in [1.29, 1.82) is 0 Å². The van der Waals surface area contributed by atoms with E-state index in [1.165, 1.54) is 6.20 Å². The SMILES string of the molecule is COC(=O)C(O)CNC(=O)c1cnoc1C. The molecule has 88 valence electrons. The standard InChI is InChI=1S/C9H12N2O5/c1-5-6(3-11-16-5)8(13)10-4-7(12)9(14)15-2/h3,7,12H,4H2,1-2H3,(H,10,13). The number of esters is 1. The Morgan fingerprint density at radius 3 is 2.88 bits per heavy atom. The summed E-state index contributed by atoms with van der Waals surface area (Å²) in [4.78, 5) is 22.3. The van der Waals surface area contributed by atoms with Crippen LogP contribution in [0, 0.1) is 6.92 Å². The van der Waals surface area contributed by atoms with Crippen LogP contribution in [0.25, 0.3) is 0 Å². The Labute approximate surface area is 91.4 Å². The quantitative estimate of drug-likeness (QED) is 0.657. The molecule has 0 aliphatic heterocycles. The summed E-state index contributed by atoms with van der Waals surface area (Å²) >= 11 is 0. The van der Waals surface area contributed by atoms with Gasteiger partial charge in [-0.3, -0.25) is 4.79 Å². The lowest BCUT2D eigenvalue weighted by atomic mass is 10.2. The Kier molecular flexibility index (Phi) is 4.01. The normalized spacial score (nSPS) is 11.9. The molecule has 0 saturated carbocycles. The van der Waals surface area contributed by atoms with Gasteiger partial charge in [-0.2, -0.15) is 0 Å². The third kappa shape index (κ3) is 2.80. The number of methoxy groups -OCH3 is 1. The minimum Gasteiger partial charge on any atom is -0.467 e. The fourth-order valence-corrected chi connectivity index (χ4v) is 1.02. The lowest BCUT2D eigenvalue weighted by Gasteiger charge is -2.08. The molecule has 7 nitrogen and oxygen atoms in total. The van der Waals surface area contributed by atoms with Crippen molar-refractivity contribution in [2.45, 2.75) is 13.0 Å². The van der Waals surface area contributed by atoms with Gasteiger partial charge in [-0.05, 0) is 6.92 Å². The van der Waals surface area contributed by atoms with Crippen LogP contribution in [0.2, 0.25) is 0 Å². The van der Waals surface area contributed by atoms with E-state index >= 15 is 0 Å². The predicted molar refractivity (Wildman–Crippen MR) is 51.6 cm³/mol. The van der Waals surface area contributed by atoms with Crippen LogP contribution < -0.4 is 5.32 Å². The molecule has 0 aliphatic carbocycles. The number of aryl methyl sites for hydroxylation is 1. The molecule has 16 heavy (non-hydrogen) atoms. The monoisotopic (exact) mass is 228 g/mol. The fraction of sp³-hybridized carbons (Fsp3) is 0.444. The van der Waals surface area contributed by atoms with Gasteiger partial charge in [-0.1, -0.05) is 5.16 Å². The molecule has 1 aromatic heterocycles. The molecule has 1 atom stereocenters. The molecule has 1 heterocycles. The van der Waals surface area contributed by atoms with E-state index in [-0.39, 0.29) is 12.1 Å². The van der Waals surface area contributed by atoms with E-state index in [1.54, 1.807) is 6.92 Å². The van der Waals surface area contributed by atoms with Gasteiger partial charge in [0, 0.05) is 0 Å². The number of aromatic nitrogens is 1. The van der Waals surface area contributed by atoms with Crippen LogP contribution >= 0.6 is 0 Å². The zero-order chi connectivity index (χ0) is 12.1. The van der Waals surface area contributed by atoms with Crippen molar-refractivity contribution < 1.29 is 24.0 Å². The molecule has 1 aromatic rings. The molecular formula is C9H12N2O5. The summed E-state index contributed by atoms with van der Waals surface area (Å²) in [6.45, 7) is 1.36. The van der Waals surface area contributed by atoms with E-state index in [9.17, 15) is 14.7 Å². The number of aliphatic hydroxyl groups excluding tert-OH is 1. The summed E-state index contributed by atoms with van der Waals surface area (Å²) in [5.74, 6) is -0.908. The topological polar surface area (TPSA) is 102 Å². The van der Waals surface area contributed by atoms with E-state index in [2.05, 4.69) is 15.2 Å². The van der Waals surface area contributed by atoms with Crippen LogP contribution in [-0.4, -0.2) is 41.9 Å². The Morgan fingerprint density at radius 2 is 2.38 bits per heavy atom. The van der Waals surface area contributed by atoms with Crippen molar-refractivity contribution in [2.75, 3.05) is 13.7 Å². The maximum Gasteiger partial charge on any atom is 0.336 e. The Hall–Kier alpha value is -1.89. The minimum absolute atomic E-state index is 0.226. The van der Waals surface area contributed by atoms with Crippen LogP contribution in [0.5, 0.6) is 0 Å². The van der Waals surface area contributed by atoms with E-state index in [4.69, 9.17) is 4.52 Å². The second-order valence-electron chi connectivity index (χ2n) is 3.04. The van der Waals surface area contributed by atoms with Crippen LogP contribution in [0.4, 0.5) is 0 Å². The van der Waals surface area contributed by atoms with Crippen LogP contribution in [-0.2, 0) is 9.53 Å². The number of carbonyl (C=O) groups is 2. The van der Waals surface area contributed by atoms with Crippen molar-refractivity contribution in [1.82, 2.24) is 10.5 Å².